The number of carbonyl (C=O) groups is 2. The van der Waals surface area contributed by atoms with Crippen molar-refractivity contribution in [2.24, 2.45) is 0 Å². The van der Waals surface area contributed by atoms with Crippen molar-refractivity contribution in [3.05, 3.63) is 33.4 Å². The summed E-state index contributed by atoms with van der Waals surface area (Å²) in [5.41, 5.74) is 1.05. The van der Waals surface area contributed by atoms with Crippen LogP contribution >= 0.6 is 0 Å². The first-order valence-corrected chi connectivity index (χ1v) is 6.52. The number of hydrogen-bond acceptors (Lipinski definition) is 6. The molecule has 2 rings (SSSR count). The fourth-order valence-corrected chi connectivity index (χ4v) is 2.63. The summed E-state index contributed by atoms with van der Waals surface area (Å²) in [6.45, 7) is 2.13. The number of esters is 1. The minimum atomic E-state index is -1.51. The Morgan fingerprint density at radius 3 is 3.05 bits per heavy atom. The van der Waals surface area contributed by atoms with Crippen LogP contribution in [0.1, 0.15) is 19.8 Å². The van der Waals surface area contributed by atoms with Crippen LogP contribution in [0.5, 0.6) is 0 Å². The Hall–Kier alpha value is -2.02. The zero-order valence-corrected chi connectivity index (χ0v) is 11.1. The summed E-state index contributed by atoms with van der Waals surface area (Å²) < 4.78 is 4.79. The molecule has 0 saturated heterocycles. The van der Waals surface area contributed by atoms with Crippen molar-refractivity contribution in [2.45, 2.75) is 31.8 Å². The quantitative estimate of drug-likeness (QED) is 0.346. The van der Waals surface area contributed by atoms with Gasteiger partial charge in [0.2, 0.25) is 0 Å². The average molecular weight is 280 g/mol. The molecule has 1 aliphatic heterocycles. The molecule has 0 aromatic rings. The third-order valence-corrected chi connectivity index (χ3v) is 3.46. The molecular formula is C13H16N2O5. The molecule has 0 saturated carbocycles. The molecule has 1 N–H and O–H groups in total. The summed E-state index contributed by atoms with van der Waals surface area (Å²) >= 11 is 0. The normalized spacial score (nSPS) is 23.2. The summed E-state index contributed by atoms with van der Waals surface area (Å²) in [6, 6.07) is -2.05. The lowest BCUT2D eigenvalue weighted by molar-refractivity contribution is -0.501. The molecule has 7 heteroatoms. The highest BCUT2D eigenvalue weighted by Gasteiger charge is 2.41. The molecule has 0 spiro atoms. The van der Waals surface area contributed by atoms with Gasteiger partial charge in [-0.05, 0) is 31.4 Å². The van der Waals surface area contributed by atoms with Gasteiger partial charge in [-0.1, -0.05) is 6.08 Å². The maximum atomic E-state index is 11.8. The summed E-state index contributed by atoms with van der Waals surface area (Å²) in [5.74, 6) is -0.989. The molecule has 2 aliphatic rings. The van der Waals surface area contributed by atoms with Crippen molar-refractivity contribution in [1.29, 1.82) is 0 Å². The molecule has 0 fully saturated rings. The highest BCUT2D eigenvalue weighted by molar-refractivity contribution is 5.98. The van der Waals surface area contributed by atoms with Crippen LogP contribution in [0.4, 0.5) is 0 Å². The van der Waals surface area contributed by atoms with Gasteiger partial charge in [0.15, 0.2) is 5.78 Å². The predicted octanol–water partition coefficient (Wildman–Crippen LogP) is 0.382. The first kappa shape index (κ1) is 14.4. The Morgan fingerprint density at radius 2 is 2.40 bits per heavy atom. The molecule has 2 unspecified atom stereocenters. The Labute approximate surface area is 115 Å². The highest BCUT2D eigenvalue weighted by atomic mass is 16.6. The summed E-state index contributed by atoms with van der Waals surface area (Å²) in [7, 11) is 0. The largest absolute Gasteiger partial charge is 0.461 e. The van der Waals surface area contributed by atoms with Gasteiger partial charge in [-0.15, -0.1) is 0 Å². The van der Waals surface area contributed by atoms with E-state index in [1.165, 1.54) is 6.08 Å². The molecular weight excluding hydrogens is 264 g/mol. The van der Waals surface area contributed by atoms with E-state index in [0.717, 1.165) is 0 Å². The molecule has 0 aromatic carbocycles. The second-order valence-corrected chi connectivity index (χ2v) is 4.64. The second-order valence-electron chi connectivity index (χ2n) is 4.64. The van der Waals surface area contributed by atoms with E-state index in [9.17, 15) is 19.7 Å². The molecule has 1 aliphatic carbocycles. The number of carbonyl (C=O) groups excluding carboxylic acids is 2. The second kappa shape index (κ2) is 5.96. The molecule has 0 aromatic heterocycles. The molecule has 7 nitrogen and oxygen atoms in total. The first-order chi connectivity index (χ1) is 9.56. The number of rotatable bonds is 4. The summed E-state index contributed by atoms with van der Waals surface area (Å²) in [5, 5.41) is 14.3. The Morgan fingerprint density at radius 1 is 1.65 bits per heavy atom. The minimum Gasteiger partial charge on any atom is -0.461 e. The zero-order valence-electron chi connectivity index (χ0n) is 11.1. The minimum absolute atomic E-state index is 0.0896. The number of nitrogens with one attached hydrogen (secondary N) is 1. The van der Waals surface area contributed by atoms with E-state index in [2.05, 4.69) is 5.32 Å². The van der Waals surface area contributed by atoms with Gasteiger partial charge >= 0.3 is 12.0 Å². The molecule has 108 valence electrons. The number of nitro groups is 1. The number of hydrogen-bond donors (Lipinski definition) is 1. The van der Waals surface area contributed by atoms with Gasteiger partial charge in [-0.25, -0.2) is 4.79 Å². The van der Waals surface area contributed by atoms with Crippen LogP contribution in [-0.2, 0) is 14.3 Å². The van der Waals surface area contributed by atoms with Gasteiger partial charge in [-0.3, -0.25) is 14.9 Å². The highest BCUT2D eigenvalue weighted by Crippen LogP contribution is 2.28. The fourth-order valence-electron chi connectivity index (χ4n) is 2.63. The Kier molecular flexibility index (Phi) is 4.29. The van der Waals surface area contributed by atoms with Crippen molar-refractivity contribution < 1.29 is 19.2 Å². The van der Waals surface area contributed by atoms with Crippen LogP contribution in [0.15, 0.2) is 23.3 Å². The lowest BCUT2D eigenvalue weighted by atomic mass is 9.83. The lowest BCUT2D eigenvalue weighted by Gasteiger charge is -2.30. The zero-order chi connectivity index (χ0) is 14.7. The van der Waals surface area contributed by atoms with Crippen molar-refractivity contribution >= 4 is 11.8 Å². The van der Waals surface area contributed by atoms with E-state index < -0.39 is 23.0 Å². The van der Waals surface area contributed by atoms with Crippen molar-refractivity contribution in [3.8, 4) is 0 Å². The number of ketones is 1. The maximum absolute atomic E-state index is 11.8. The van der Waals surface area contributed by atoms with Crippen molar-refractivity contribution in [2.75, 3.05) is 13.2 Å². The summed E-state index contributed by atoms with van der Waals surface area (Å²) in [4.78, 5) is 34.2. The fraction of sp³-hybridized carbons (Fsp3) is 0.538. The molecule has 1 heterocycles. The number of allylic oxidation sites excluding steroid dienone is 1. The Balaban J connectivity index is 2.40. The number of fused-ring (bicyclic) bond motifs is 1. The third-order valence-electron chi connectivity index (χ3n) is 3.46. The van der Waals surface area contributed by atoms with Gasteiger partial charge in [0, 0.05) is 17.0 Å². The SMILES string of the molecule is CCOC(=O)C(C1=C2CC=CC(=O)C2NCC1)[N+](=O)[O-]. The third kappa shape index (κ3) is 2.62. The number of nitrogens with zero attached hydrogens (tertiary/aromatic N) is 1. The van der Waals surface area contributed by atoms with Crippen LogP contribution in [0.3, 0.4) is 0 Å². The van der Waals surface area contributed by atoms with Gasteiger partial charge in [0.25, 0.3) is 0 Å². The van der Waals surface area contributed by atoms with E-state index in [-0.39, 0.29) is 12.4 Å². The van der Waals surface area contributed by atoms with E-state index in [1.807, 2.05) is 0 Å². The first-order valence-electron chi connectivity index (χ1n) is 6.52. The monoisotopic (exact) mass is 280 g/mol. The van der Waals surface area contributed by atoms with Crippen LogP contribution in [-0.4, -0.2) is 41.9 Å². The number of ether oxygens (including phenoxy) is 1. The van der Waals surface area contributed by atoms with Crippen LogP contribution in [0.25, 0.3) is 0 Å². The molecule has 2 atom stereocenters. The van der Waals surface area contributed by atoms with Gasteiger partial charge in [0.1, 0.15) is 0 Å². The lowest BCUT2D eigenvalue weighted by Crippen LogP contribution is -2.47. The maximum Gasteiger partial charge on any atom is 0.386 e. The van der Waals surface area contributed by atoms with E-state index >= 15 is 0 Å². The van der Waals surface area contributed by atoms with E-state index in [1.54, 1.807) is 13.0 Å². The predicted molar refractivity (Wildman–Crippen MR) is 69.6 cm³/mol. The average Bonchev–Trinajstić information content (AvgIpc) is 2.40. The van der Waals surface area contributed by atoms with Crippen LogP contribution in [0, 0.1) is 10.1 Å². The summed E-state index contributed by atoms with van der Waals surface area (Å²) in [6.07, 6.45) is 3.96. The molecule has 0 radical (unpaired) electrons. The van der Waals surface area contributed by atoms with Crippen LogP contribution in [0.2, 0.25) is 0 Å². The van der Waals surface area contributed by atoms with E-state index in [4.69, 9.17) is 4.74 Å². The molecule has 0 bridgehead atoms. The Bertz CT molecular complexity index is 509. The van der Waals surface area contributed by atoms with Crippen molar-refractivity contribution in [3.63, 3.8) is 0 Å². The topological polar surface area (TPSA) is 98.5 Å². The van der Waals surface area contributed by atoms with Crippen LogP contribution < -0.4 is 5.32 Å². The van der Waals surface area contributed by atoms with E-state index in [0.29, 0.717) is 30.5 Å². The standard InChI is InChI=1S/C13H16N2O5/c1-2-20-13(17)12(15(18)19)9-6-7-14-11-8(9)4-3-5-10(11)16/h3,5,11-12,14H,2,4,6-7H2,1H3. The molecule has 0 amide bonds. The van der Waals surface area contributed by atoms with Gasteiger partial charge < -0.3 is 10.1 Å². The smallest absolute Gasteiger partial charge is 0.386 e. The van der Waals surface area contributed by atoms with Crippen molar-refractivity contribution in [1.82, 2.24) is 5.32 Å². The van der Waals surface area contributed by atoms with Gasteiger partial charge in [0.05, 0.1) is 12.6 Å². The molecule has 20 heavy (non-hydrogen) atoms. The van der Waals surface area contributed by atoms with Gasteiger partial charge in [-0.2, -0.15) is 0 Å².